The summed E-state index contributed by atoms with van der Waals surface area (Å²) in [6.07, 6.45) is -1.94. The lowest BCUT2D eigenvalue weighted by molar-refractivity contribution is -0.137. The average molecular weight is 710 g/mol. The molecule has 1 aliphatic rings. The Bertz CT molecular complexity index is 1890. The number of ether oxygens (including phenoxy) is 2. The predicted molar refractivity (Wildman–Crippen MR) is 171 cm³/mol. The zero-order valence-corrected chi connectivity index (χ0v) is 27.3. The van der Waals surface area contributed by atoms with Crippen molar-refractivity contribution in [1.82, 2.24) is 9.97 Å². The Hall–Kier alpha value is -4.18. The van der Waals surface area contributed by atoms with Gasteiger partial charge in [0.15, 0.2) is 0 Å². The maximum atomic E-state index is 15.8. The lowest BCUT2D eigenvalue weighted by Gasteiger charge is -2.41. The number of rotatable bonds is 10. The van der Waals surface area contributed by atoms with E-state index in [9.17, 15) is 26.7 Å². The first-order chi connectivity index (χ1) is 22.7. The van der Waals surface area contributed by atoms with Crippen LogP contribution in [0.3, 0.4) is 0 Å². The number of nitrogens with zero attached hydrogens (tertiary/aromatic N) is 3. The Labute approximate surface area is 279 Å². The Morgan fingerprint density at radius 2 is 1.90 bits per heavy atom. The molecule has 1 fully saturated rings. The third-order valence-corrected chi connectivity index (χ3v) is 10.3. The van der Waals surface area contributed by atoms with E-state index in [1.165, 1.54) is 38.6 Å². The molecule has 10 nitrogen and oxygen atoms in total. The highest BCUT2D eigenvalue weighted by atomic mass is 35.5. The molecule has 3 atom stereocenters. The Morgan fingerprint density at radius 3 is 2.54 bits per heavy atom. The van der Waals surface area contributed by atoms with E-state index in [1.807, 2.05) is 0 Å². The standard InChI is InChI=1S/C32H32ClF4N5O5S/c1-46-22-7-6-19(28(13-22)47-2)17-42(30-9-11-39-18-40-30)48(44,45)29-14-23(33)27(15-24(29)34)41-26-8-10-31(43,16-25(26)38)20-4-3-5-21(12-20)32(35,36)37/h3-7,9,11-15,18,25-26,41,43H,8,10,16-17,38H2,1-2H3/t25-,26-,31+/m0/s1. The fourth-order valence-corrected chi connectivity index (χ4v) is 7.44. The topological polar surface area (TPSA) is 140 Å². The first kappa shape index (κ1) is 35.1. The van der Waals surface area contributed by atoms with Crippen LogP contribution in [0.15, 0.2) is 78.1 Å². The van der Waals surface area contributed by atoms with Crippen molar-refractivity contribution in [3.63, 3.8) is 0 Å². The molecule has 0 spiro atoms. The van der Waals surface area contributed by atoms with Gasteiger partial charge in [0, 0.05) is 36.0 Å². The number of nitrogens with two attached hydrogens (primary N) is 1. The van der Waals surface area contributed by atoms with Crippen molar-refractivity contribution in [3.8, 4) is 11.5 Å². The lowest BCUT2D eigenvalue weighted by atomic mass is 9.75. The summed E-state index contributed by atoms with van der Waals surface area (Å²) in [4.78, 5) is 7.19. The number of alkyl halides is 3. The molecule has 48 heavy (non-hydrogen) atoms. The normalized spacial score (nSPS) is 19.9. The van der Waals surface area contributed by atoms with Crippen LogP contribution in [0.1, 0.15) is 36.0 Å². The summed E-state index contributed by atoms with van der Waals surface area (Å²) in [6.45, 7) is -0.296. The van der Waals surface area contributed by atoms with Gasteiger partial charge >= 0.3 is 6.18 Å². The molecule has 3 aromatic carbocycles. The number of hydrogen-bond donors (Lipinski definition) is 3. The van der Waals surface area contributed by atoms with Crippen LogP contribution >= 0.6 is 11.6 Å². The fourth-order valence-electron chi connectivity index (χ4n) is 5.68. The van der Waals surface area contributed by atoms with E-state index >= 15 is 4.39 Å². The number of sulfonamides is 1. The van der Waals surface area contributed by atoms with Gasteiger partial charge in [-0.2, -0.15) is 13.2 Å². The molecule has 0 saturated heterocycles. The second kappa shape index (κ2) is 13.7. The molecule has 4 N–H and O–H groups in total. The largest absolute Gasteiger partial charge is 0.497 e. The van der Waals surface area contributed by atoms with Gasteiger partial charge in [0.2, 0.25) is 0 Å². The van der Waals surface area contributed by atoms with E-state index in [2.05, 4.69) is 15.3 Å². The maximum Gasteiger partial charge on any atom is 0.416 e. The van der Waals surface area contributed by atoms with Gasteiger partial charge in [0.05, 0.1) is 42.6 Å². The van der Waals surface area contributed by atoms with E-state index in [-0.39, 0.29) is 47.9 Å². The van der Waals surface area contributed by atoms with Crippen LogP contribution in [0.4, 0.5) is 29.1 Å². The van der Waals surface area contributed by atoms with Crippen molar-refractivity contribution >= 4 is 33.1 Å². The summed E-state index contributed by atoms with van der Waals surface area (Å²) in [5.41, 5.74) is 4.41. The van der Waals surface area contributed by atoms with Crippen LogP contribution in [0.2, 0.25) is 5.02 Å². The highest BCUT2D eigenvalue weighted by Crippen LogP contribution is 2.41. The minimum Gasteiger partial charge on any atom is -0.497 e. The summed E-state index contributed by atoms with van der Waals surface area (Å²) >= 11 is 6.51. The third-order valence-electron chi connectivity index (χ3n) is 8.25. The molecule has 0 unspecified atom stereocenters. The summed E-state index contributed by atoms with van der Waals surface area (Å²) in [5.74, 6) is -0.356. The minimum absolute atomic E-state index is 0.0398. The highest BCUT2D eigenvalue weighted by Gasteiger charge is 2.41. The van der Waals surface area contributed by atoms with Crippen LogP contribution in [0.25, 0.3) is 0 Å². The van der Waals surface area contributed by atoms with Crippen molar-refractivity contribution in [2.24, 2.45) is 5.73 Å². The summed E-state index contributed by atoms with van der Waals surface area (Å²) < 4.78 is 95.3. The number of nitrogens with one attached hydrogen (secondary N) is 1. The van der Waals surface area contributed by atoms with Crippen LogP contribution in [0, 0.1) is 5.82 Å². The molecule has 5 rings (SSSR count). The second-order valence-electron chi connectivity index (χ2n) is 11.3. The van der Waals surface area contributed by atoms with Crippen LogP contribution in [-0.4, -0.2) is 49.8 Å². The molecular formula is C32H32ClF4N5O5S. The quantitative estimate of drug-likeness (QED) is 0.172. The zero-order chi connectivity index (χ0) is 34.9. The minimum atomic E-state index is -4.64. The molecular weight excluding hydrogens is 678 g/mol. The van der Waals surface area contributed by atoms with Gasteiger partial charge in [-0.05, 0) is 61.2 Å². The lowest BCUT2D eigenvalue weighted by Crippen LogP contribution is -2.50. The maximum absolute atomic E-state index is 15.8. The summed E-state index contributed by atoms with van der Waals surface area (Å²) in [6, 6.07) is 11.2. The van der Waals surface area contributed by atoms with E-state index in [0.717, 1.165) is 34.9 Å². The van der Waals surface area contributed by atoms with Gasteiger partial charge in [-0.15, -0.1) is 0 Å². The van der Waals surface area contributed by atoms with Crippen molar-refractivity contribution in [2.45, 2.75) is 54.6 Å². The number of halogens is 5. The van der Waals surface area contributed by atoms with E-state index < -0.39 is 50.2 Å². The van der Waals surface area contributed by atoms with Crippen molar-refractivity contribution in [3.05, 3.63) is 101 Å². The number of anilines is 2. The van der Waals surface area contributed by atoms with E-state index in [4.69, 9.17) is 26.8 Å². The molecule has 1 aliphatic carbocycles. The third kappa shape index (κ3) is 7.28. The van der Waals surface area contributed by atoms with Crippen LogP contribution < -0.4 is 24.8 Å². The van der Waals surface area contributed by atoms with Gasteiger partial charge in [-0.1, -0.05) is 23.7 Å². The first-order valence-corrected chi connectivity index (χ1v) is 16.4. The number of hydrogen-bond acceptors (Lipinski definition) is 9. The molecule has 0 aliphatic heterocycles. The smallest absolute Gasteiger partial charge is 0.416 e. The number of aromatic nitrogens is 2. The monoisotopic (exact) mass is 709 g/mol. The molecule has 16 heteroatoms. The molecule has 1 heterocycles. The summed E-state index contributed by atoms with van der Waals surface area (Å²) in [7, 11) is -1.75. The predicted octanol–water partition coefficient (Wildman–Crippen LogP) is 5.88. The number of methoxy groups -OCH3 is 2. The van der Waals surface area contributed by atoms with Crippen molar-refractivity contribution in [2.75, 3.05) is 23.8 Å². The molecule has 1 aromatic heterocycles. The van der Waals surface area contributed by atoms with Crippen LogP contribution in [0.5, 0.6) is 11.5 Å². The molecule has 0 amide bonds. The number of aliphatic hydroxyl groups is 1. The zero-order valence-electron chi connectivity index (χ0n) is 25.7. The van der Waals surface area contributed by atoms with Crippen molar-refractivity contribution < 1.29 is 40.6 Å². The number of benzene rings is 3. The van der Waals surface area contributed by atoms with E-state index in [0.29, 0.717) is 17.1 Å². The molecule has 0 radical (unpaired) electrons. The molecule has 1 saturated carbocycles. The second-order valence-corrected chi connectivity index (χ2v) is 13.5. The van der Waals surface area contributed by atoms with Crippen LogP contribution in [-0.2, 0) is 28.3 Å². The van der Waals surface area contributed by atoms with Gasteiger partial charge in [-0.3, -0.25) is 0 Å². The molecule has 256 valence electrons. The van der Waals surface area contributed by atoms with Gasteiger partial charge < -0.3 is 25.6 Å². The van der Waals surface area contributed by atoms with Gasteiger partial charge in [0.1, 0.15) is 34.4 Å². The molecule has 4 aromatic rings. The van der Waals surface area contributed by atoms with Gasteiger partial charge in [0.25, 0.3) is 10.0 Å². The van der Waals surface area contributed by atoms with E-state index in [1.54, 1.807) is 18.2 Å². The Kier molecular flexibility index (Phi) is 10.1. The first-order valence-electron chi connectivity index (χ1n) is 14.6. The van der Waals surface area contributed by atoms with Gasteiger partial charge in [-0.25, -0.2) is 27.1 Å². The van der Waals surface area contributed by atoms with Crippen molar-refractivity contribution in [1.29, 1.82) is 0 Å². The summed E-state index contributed by atoms with van der Waals surface area (Å²) in [5, 5.41) is 14.2. The SMILES string of the molecule is COc1ccc(CN(c2ccncn2)S(=O)(=O)c2cc(Cl)c(N[C@H]3CC[C@](O)(c4cccc(C(F)(F)F)c4)C[C@@H]3N)cc2F)c(OC)c1. The molecule has 0 bridgehead atoms. The average Bonchev–Trinajstić information content (AvgIpc) is 3.06. The fraction of sp³-hybridized carbons (Fsp3) is 0.312. The Balaban J connectivity index is 1.40. The Morgan fingerprint density at radius 1 is 1.12 bits per heavy atom. The highest BCUT2D eigenvalue weighted by molar-refractivity contribution is 7.92.